The number of thiazole rings is 1. The first-order valence-electron chi connectivity index (χ1n) is 5.99. The van der Waals surface area contributed by atoms with Gasteiger partial charge in [0.25, 0.3) is 0 Å². The molecule has 2 aromatic heterocycles. The van der Waals surface area contributed by atoms with Gasteiger partial charge in [0.15, 0.2) is 5.13 Å². The minimum Gasteiger partial charge on any atom is -0.348 e. The zero-order valence-electron chi connectivity index (χ0n) is 9.89. The second-order valence-electron chi connectivity index (χ2n) is 4.43. The molecule has 1 aliphatic rings. The van der Waals surface area contributed by atoms with Gasteiger partial charge in [-0.15, -0.1) is 0 Å². The van der Waals surface area contributed by atoms with Crippen molar-refractivity contribution in [2.75, 3.05) is 25.0 Å². The lowest BCUT2D eigenvalue weighted by Gasteiger charge is -2.31. The van der Waals surface area contributed by atoms with Crippen LogP contribution in [-0.2, 0) is 0 Å². The van der Waals surface area contributed by atoms with Crippen molar-refractivity contribution in [2.45, 2.75) is 18.9 Å². The van der Waals surface area contributed by atoms with Gasteiger partial charge in [0.2, 0.25) is 0 Å². The number of hydrogen-bond acceptors (Lipinski definition) is 5. The fourth-order valence-corrected chi connectivity index (χ4v) is 3.23. The van der Waals surface area contributed by atoms with Gasteiger partial charge in [-0.3, -0.25) is 4.98 Å². The van der Waals surface area contributed by atoms with E-state index in [4.69, 9.17) is 0 Å². The van der Waals surface area contributed by atoms with Crippen LogP contribution in [0, 0.1) is 0 Å². The minimum absolute atomic E-state index is 0.616. The molecule has 0 radical (unpaired) electrons. The lowest BCUT2D eigenvalue weighted by atomic mass is 10.1. The number of piperidine rings is 1. The lowest BCUT2D eigenvalue weighted by molar-refractivity contribution is 0.443. The third kappa shape index (κ3) is 2.12. The predicted molar refractivity (Wildman–Crippen MR) is 71.7 cm³/mol. The van der Waals surface area contributed by atoms with E-state index in [-0.39, 0.29) is 0 Å². The summed E-state index contributed by atoms with van der Waals surface area (Å²) in [6.07, 6.45) is 6.07. The molecule has 17 heavy (non-hydrogen) atoms. The van der Waals surface area contributed by atoms with Gasteiger partial charge in [-0.05, 0) is 32.0 Å². The summed E-state index contributed by atoms with van der Waals surface area (Å²) < 4.78 is 1.22. The van der Waals surface area contributed by atoms with Gasteiger partial charge in [0, 0.05) is 19.3 Å². The molecule has 0 spiro atoms. The maximum atomic E-state index is 4.65. The van der Waals surface area contributed by atoms with Crippen molar-refractivity contribution in [1.82, 2.24) is 15.3 Å². The average Bonchev–Trinajstić information content (AvgIpc) is 2.82. The number of aromatic nitrogens is 2. The molecule has 90 valence electrons. The van der Waals surface area contributed by atoms with Crippen LogP contribution in [0.1, 0.15) is 12.8 Å². The predicted octanol–water partition coefficient (Wildman–Crippen LogP) is 1.88. The molecule has 1 aliphatic heterocycles. The summed E-state index contributed by atoms with van der Waals surface area (Å²) in [6.45, 7) is 2.23. The summed E-state index contributed by atoms with van der Waals surface area (Å²) in [7, 11) is 2.15. The van der Waals surface area contributed by atoms with Gasteiger partial charge >= 0.3 is 0 Å². The summed E-state index contributed by atoms with van der Waals surface area (Å²) >= 11 is 1.75. The highest BCUT2D eigenvalue weighted by Crippen LogP contribution is 2.29. The fraction of sp³-hybridized carbons (Fsp3) is 0.500. The Kier molecular flexibility index (Phi) is 2.94. The Morgan fingerprint density at radius 2 is 2.24 bits per heavy atom. The van der Waals surface area contributed by atoms with E-state index in [1.165, 1.54) is 17.5 Å². The van der Waals surface area contributed by atoms with Gasteiger partial charge < -0.3 is 10.2 Å². The Balaban J connectivity index is 1.86. The van der Waals surface area contributed by atoms with E-state index in [9.17, 15) is 0 Å². The molecular formula is C12H16N4S. The average molecular weight is 248 g/mol. The van der Waals surface area contributed by atoms with Crippen molar-refractivity contribution in [1.29, 1.82) is 0 Å². The highest BCUT2D eigenvalue weighted by Gasteiger charge is 2.20. The van der Waals surface area contributed by atoms with Gasteiger partial charge in [-0.2, -0.15) is 0 Å². The number of nitrogens with one attached hydrogen (secondary N) is 1. The SMILES string of the molecule is CN(c1nc2cnccc2s1)C1CCNCC1. The Labute approximate surface area is 105 Å². The monoisotopic (exact) mass is 248 g/mol. The van der Waals surface area contributed by atoms with E-state index < -0.39 is 0 Å². The molecule has 1 fully saturated rings. The summed E-state index contributed by atoms with van der Waals surface area (Å²) in [5.41, 5.74) is 1.01. The minimum atomic E-state index is 0.616. The van der Waals surface area contributed by atoms with Crippen molar-refractivity contribution in [3.8, 4) is 0 Å². The molecule has 5 heteroatoms. The molecule has 0 amide bonds. The summed E-state index contributed by atoms with van der Waals surface area (Å²) in [6, 6.07) is 2.65. The first kappa shape index (κ1) is 10.9. The molecule has 4 nitrogen and oxygen atoms in total. The van der Waals surface area contributed by atoms with Crippen molar-refractivity contribution in [3.63, 3.8) is 0 Å². The molecule has 0 atom stereocenters. The Bertz CT molecular complexity index is 471. The van der Waals surface area contributed by atoms with E-state index in [2.05, 4.69) is 27.2 Å². The lowest BCUT2D eigenvalue weighted by Crippen LogP contribution is -2.41. The second kappa shape index (κ2) is 4.58. The Morgan fingerprint density at radius 3 is 3.00 bits per heavy atom. The van der Waals surface area contributed by atoms with Crippen molar-refractivity contribution < 1.29 is 0 Å². The molecular weight excluding hydrogens is 232 g/mol. The maximum absolute atomic E-state index is 4.65. The van der Waals surface area contributed by atoms with Crippen LogP contribution in [0.4, 0.5) is 5.13 Å². The fourth-order valence-electron chi connectivity index (χ4n) is 2.27. The number of fused-ring (bicyclic) bond motifs is 1. The number of hydrogen-bond donors (Lipinski definition) is 1. The van der Waals surface area contributed by atoms with Crippen LogP contribution in [0.15, 0.2) is 18.5 Å². The largest absolute Gasteiger partial charge is 0.348 e. The molecule has 2 aromatic rings. The highest BCUT2D eigenvalue weighted by molar-refractivity contribution is 7.22. The maximum Gasteiger partial charge on any atom is 0.186 e. The first-order valence-corrected chi connectivity index (χ1v) is 6.80. The van der Waals surface area contributed by atoms with Gasteiger partial charge in [0.05, 0.1) is 10.9 Å². The Hall–Kier alpha value is -1.20. The number of pyridine rings is 1. The highest BCUT2D eigenvalue weighted by atomic mass is 32.1. The van der Waals surface area contributed by atoms with Crippen molar-refractivity contribution in [2.24, 2.45) is 0 Å². The number of rotatable bonds is 2. The number of anilines is 1. The zero-order chi connectivity index (χ0) is 11.7. The summed E-state index contributed by atoms with van der Waals surface area (Å²) in [5.74, 6) is 0. The van der Waals surface area contributed by atoms with Crippen LogP contribution in [0.2, 0.25) is 0 Å². The van der Waals surface area contributed by atoms with Crippen LogP contribution in [0.3, 0.4) is 0 Å². The summed E-state index contributed by atoms with van der Waals surface area (Å²) in [5, 5.41) is 4.50. The second-order valence-corrected chi connectivity index (χ2v) is 5.44. The third-order valence-corrected chi connectivity index (χ3v) is 4.46. The van der Waals surface area contributed by atoms with Crippen LogP contribution < -0.4 is 10.2 Å². The first-order chi connectivity index (χ1) is 8.34. The van der Waals surface area contributed by atoms with E-state index in [1.54, 1.807) is 11.3 Å². The standard InChI is InChI=1S/C12H16N4S/c1-16(9-2-5-13-6-3-9)12-15-10-8-14-7-4-11(10)17-12/h4,7-9,13H,2-3,5-6H2,1H3. The van der Waals surface area contributed by atoms with E-state index in [0.717, 1.165) is 23.7 Å². The van der Waals surface area contributed by atoms with E-state index in [0.29, 0.717) is 6.04 Å². The van der Waals surface area contributed by atoms with Crippen molar-refractivity contribution in [3.05, 3.63) is 18.5 Å². The molecule has 0 aromatic carbocycles. The quantitative estimate of drug-likeness (QED) is 0.881. The number of nitrogens with zero attached hydrogens (tertiary/aromatic N) is 3. The molecule has 1 saturated heterocycles. The summed E-state index contributed by atoms with van der Waals surface area (Å²) in [4.78, 5) is 11.1. The van der Waals surface area contributed by atoms with Crippen LogP contribution in [0.5, 0.6) is 0 Å². The molecule has 3 rings (SSSR count). The molecule has 0 aliphatic carbocycles. The molecule has 1 N–H and O–H groups in total. The molecule has 0 bridgehead atoms. The van der Waals surface area contributed by atoms with Gasteiger partial charge in [0.1, 0.15) is 5.52 Å². The smallest absolute Gasteiger partial charge is 0.186 e. The van der Waals surface area contributed by atoms with E-state index >= 15 is 0 Å². The van der Waals surface area contributed by atoms with Crippen LogP contribution in [-0.4, -0.2) is 36.1 Å². The van der Waals surface area contributed by atoms with Crippen LogP contribution in [0.25, 0.3) is 10.2 Å². The van der Waals surface area contributed by atoms with Crippen molar-refractivity contribution >= 4 is 26.7 Å². The molecule has 3 heterocycles. The normalized spacial score (nSPS) is 17.5. The zero-order valence-corrected chi connectivity index (χ0v) is 10.7. The third-order valence-electron chi connectivity index (χ3n) is 3.34. The van der Waals surface area contributed by atoms with E-state index in [1.807, 2.05) is 18.5 Å². The topological polar surface area (TPSA) is 41.1 Å². The molecule has 0 unspecified atom stereocenters. The van der Waals surface area contributed by atoms with Gasteiger partial charge in [-0.25, -0.2) is 4.98 Å². The van der Waals surface area contributed by atoms with Gasteiger partial charge in [-0.1, -0.05) is 11.3 Å². The van der Waals surface area contributed by atoms with Crippen LogP contribution >= 0.6 is 11.3 Å². The molecule has 0 saturated carbocycles. The Morgan fingerprint density at radius 1 is 1.41 bits per heavy atom.